The Kier molecular flexibility index (Phi) is 6.41. The zero-order valence-corrected chi connectivity index (χ0v) is 8.62. The quantitative estimate of drug-likeness (QED) is 0.662. The van der Waals surface area contributed by atoms with E-state index in [4.69, 9.17) is 9.84 Å². The van der Waals surface area contributed by atoms with Crippen molar-refractivity contribution in [2.45, 2.75) is 13.3 Å². The number of allylic oxidation sites excluding steroid dienone is 2. The molecule has 3 nitrogen and oxygen atoms in total. The van der Waals surface area contributed by atoms with E-state index in [0.717, 1.165) is 11.1 Å². The van der Waals surface area contributed by atoms with E-state index in [9.17, 15) is 4.79 Å². The Morgan fingerprint density at radius 2 is 2.21 bits per heavy atom. The van der Waals surface area contributed by atoms with Crippen LogP contribution in [-0.4, -0.2) is 24.8 Å². The summed E-state index contributed by atoms with van der Waals surface area (Å²) in [5.74, 6) is -0.817. The molecule has 14 heavy (non-hydrogen) atoms. The molecule has 0 atom stereocenters. The molecule has 1 N–H and O–H groups in total. The minimum absolute atomic E-state index is 0.0705. The topological polar surface area (TPSA) is 46.5 Å². The fourth-order valence-corrected chi connectivity index (χ4v) is 0.879. The van der Waals surface area contributed by atoms with Crippen LogP contribution in [0.25, 0.3) is 0 Å². The van der Waals surface area contributed by atoms with Gasteiger partial charge in [-0.15, -0.1) is 0 Å². The van der Waals surface area contributed by atoms with Gasteiger partial charge in [0.25, 0.3) is 0 Å². The lowest BCUT2D eigenvalue weighted by Crippen LogP contribution is -1.94. The first-order valence-corrected chi connectivity index (χ1v) is 4.28. The summed E-state index contributed by atoms with van der Waals surface area (Å²) in [6.45, 7) is 6.01. The SMILES string of the molecule is C=C(/C=C\C=C(/C)CC(=O)O)COC. The van der Waals surface area contributed by atoms with Gasteiger partial charge in [-0.2, -0.15) is 0 Å². The molecule has 0 aliphatic rings. The maximum Gasteiger partial charge on any atom is 0.307 e. The van der Waals surface area contributed by atoms with E-state index >= 15 is 0 Å². The van der Waals surface area contributed by atoms with Gasteiger partial charge in [-0.3, -0.25) is 4.79 Å². The number of carbonyl (C=O) groups is 1. The van der Waals surface area contributed by atoms with Crippen LogP contribution in [0.1, 0.15) is 13.3 Å². The van der Waals surface area contributed by atoms with Crippen molar-refractivity contribution in [1.29, 1.82) is 0 Å². The van der Waals surface area contributed by atoms with Crippen LogP contribution in [0.4, 0.5) is 0 Å². The summed E-state index contributed by atoms with van der Waals surface area (Å²) in [5, 5.41) is 8.47. The summed E-state index contributed by atoms with van der Waals surface area (Å²) < 4.78 is 4.86. The Hall–Kier alpha value is -1.35. The number of rotatable bonds is 6. The van der Waals surface area contributed by atoms with E-state index in [2.05, 4.69) is 6.58 Å². The fourth-order valence-electron chi connectivity index (χ4n) is 0.879. The third-order valence-corrected chi connectivity index (χ3v) is 1.47. The Morgan fingerprint density at radius 3 is 2.71 bits per heavy atom. The van der Waals surface area contributed by atoms with Crippen molar-refractivity contribution >= 4 is 5.97 Å². The Labute approximate surface area is 84.4 Å². The van der Waals surface area contributed by atoms with Gasteiger partial charge in [0.15, 0.2) is 0 Å². The minimum atomic E-state index is -0.817. The molecule has 0 aromatic heterocycles. The molecule has 0 radical (unpaired) electrons. The molecule has 0 amide bonds. The van der Waals surface area contributed by atoms with E-state index in [1.54, 1.807) is 32.3 Å². The van der Waals surface area contributed by atoms with Gasteiger partial charge in [0.1, 0.15) is 0 Å². The lowest BCUT2D eigenvalue weighted by Gasteiger charge is -1.95. The molecular weight excluding hydrogens is 180 g/mol. The van der Waals surface area contributed by atoms with E-state index in [0.29, 0.717) is 6.61 Å². The first-order valence-electron chi connectivity index (χ1n) is 4.28. The number of carboxylic acids is 1. The zero-order chi connectivity index (χ0) is 11.0. The normalized spacial score (nSPS) is 12.0. The number of hydrogen-bond donors (Lipinski definition) is 1. The molecule has 0 bridgehead atoms. The second-order valence-electron chi connectivity index (χ2n) is 3.03. The highest BCUT2D eigenvalue weighted by Gasteiger charge is 1.95. The molecule has 0 aromatic rings. The van der Waals surface area contributed by atoms with Crippen LogP contribution in [0.2, 0.25) is 0 Å². The highest BCUT2D eigenvalue weighted by Crippen LogP contribution is 2.01. The van der Waals surface area contributed by atoms with Crippen molar-refractivity contribution in [1.82, 2.24) is 0 Å². The van der Waals surface area contributed by atoms with Crippen molar-refractivity contribution in [2.24, 2.45) is 0 Å². The van der Waals surface area contributed by atoms with Crippen LogP contribution in [0.5, 0.6) is 0 Å². The average Bonchev–Trinajstić information content (AvgIpc) is 2.02. The Bertz CT molecular complexity index is 262. The second-order valence-corrected chi connectivity index (χ2v) is 3.03. The molecular formula is C11H16O3. The summed E-state index contributed by atoms with van der Waals surface area (Å²) in [4.78, 5) is 10.3. The van der Waals surface area contributed by atoms with Gasteiger partial charge in [-0.05, 0) is 12.5 Å². The van der Waals surface area contributed by atoms with Gasteiger partial charge in [0, 0.05) is 7.11 Å². The highest BCUT2D eigenvalue weighted by atomic mass is 16.5. The van der Waals surface area contributed by atoms with Crippen molar-refractivity contribution in [3.8, 4) is 0 Å². The highest BCUT2D eigenvalue weighted by molar-refractivity contribution is 5.69. The Balaban J connectivity index is 4.00. The van der Waals surface area contributed by atoms with Gasteiger partial charge < -0.3 is 9.84 Å². The molecule has 0 unspecified atom stereocenters. The summed E-state index contributed by atoms with van der Waals surface area (Å²) in [6, 6.07) is 0. The predicted molar refractivity (Wildman–Crippen MR) is 56.2 cm³/mol. The summed E-state index contributed by atoms with van der Waals surface area (Å²) in [7, 11) is 1.60. The Morgan fingerprint density at radius 1 is 1.57 bits per heavy atom. The van der Waals surface area contributed by atoms with Crippen LogP contribution in [0.3, 0.4) is 0 Å². The first-order chi connectivity index (χ1) is 6.56. The maximum absolute atomic E-state index is 10.3. The standard InChI is InChI=1S/C11H16O3/c1-9(7-11(12)13)5-4-6-10(2)8-14-3/h4-6H,2,7-8H2,1,3H3,(H,12,13)/b6-4-,9-5+. The number of methoxy groups -OCH3 is 1. The predicted octanol–water partition coefficient (Wildman–Crippen LogP) is 2.17. The molecule has 0 rings (SSSR count). The van der Waals surface area contributed by atoms with Gasteiger partial charge in [-0.25, -0.2) is 0 Å². The molecule has 0 saturated carbocycles. The largest absolute Gasteiger partial charge is 0.481 e. The molecule has 0 spiro atoms. The fraction of sp³-hybridized carbons (Fsp3) is 0.364. The monoisotopic (exact) mass is 196 g/mol. The number of aliphatic carboxylic acids is 1. The van der Waals surface area contributed by atoms with E-state index in [1.807, 2.05) is 0 Å². The zero-order valence-electron chi connectivity index (χ0n) is 8.62. The molecule has 0 aliphatic carbocycles. The molecule has 78 valence electrons. The van der Waals surface area contributed by atoms with Crippen LogP contribution in [-0.2, 0) is 9.53 Å². The maximum atomic E-state index is 10.3. The minimum Gasteiger partial charge on any atom is -0.481 e. The van der Waals surface area contributed by atoms with E-state index < -0.39 is 5.97 Å². The molecule has 0 aliphatic heterocycles. The summed E-state index contributed by atoms with van der Waals surface area (Å²) >= 11 is 0. The lowest BCUT2D eigenvalue weighted by molar-refractivity contribution is -0.136. The van der Waals surface area contributed by atoms with Crippen LogP contribution in [0, 0.1) is 0 Å². The van der Waals surface area contributed by atoms with Gasteiger partial charge in [-0.1, -0.05) is 30.4 Å². The van der Waals surface area contributed by atoms with Crippen molar-refractivity contribution in [3.63, 3.8) is 0 Å². The van der Waals surface area contributed by atoms with Crippen LogP contribution < -0.4 is 0 Å². The summed E-state index contributed by atoms with van der Waals surface area (Å²) in [6.07, 6.45) is 5.41. The molecule has 0 fully saturated rings. The third-order valence-electron chi connectivity index (χ3n) is 1.47. The van der Waals surface area contributed by atoms with Crippen molar-refractivity contribution in [3.05, 3.63) is 36.0 Å². The average molecular weight is 196 g/mol. The molecule has 3 heteroatoms. The van der Waals surface area contributed by atoms with Crippen molar-refractivity contribution < 1.29 is 14.6 Å². The van der Waals surface area contributed by atoms with Crippen LogP contribution >= 0.6 is 0 Å². The third kappa shape index (κ3) is 7.31. The van der Waals surface area contributed by atoms with E-state index in [1.165, 1.54) is 0 Å². The van der Waals surface area contributed by atoms with Crippen LogP contribution in [0.15, 0.2) is 36.0 Å². The number of hydrogen-bond acceptors (Lipinski definition) is 2. The number of ether oxygens (including phenoxy) is 1. The molecule has 0 heterocycles. The lowest BCUT2D eigenvalue weighted by atomic mass is 10.2. The van der Waals surface area contributed by atoms with Crippen molar-refractivity contribution in [2.75, 3.05) is 13.7 Å². The molecule has 0 aromatic carbocycles. The van der Waals surface area contributed by atoms with Gasteiger partial charge in [0.2, 0.25) is 0 Å². The smallest absolute Gasteiger partial charge is 0.307 e. The number of carboxylic acid groups (broad SMARTS) is 1. The van der Waals surface area contributed by atoms with Gasteiger partial charge in [0.05, 0.1) is 13.0 Å². The van der Waals surface area contributed by atoms with Gasteiger partial charge >= 0.3 is 5.97 Å². The van der Waals surface area contributed by atoms with E-state index in [-0.39, 0.29) is 6.42 Å². The summed E-state index contributed by atoms with van der Waals surface area (Å²) in [5.41, 5.74) is 1.66. The molecule has 0 saturated heterocycles. The first kappa shape index (κ1) is 12.7. The second kappa shape index (κ2) is 7.09.